The largest absolute Gasteiger partial charge is 0.285 e. The highest BCUT2D eigenvalue weighted by molar-refractivity contribution is 6.64. The van der Waals surface area contributed by atoms with E-state index in [9.17, 15) is 9.59 Å². The van der Waals surface area contributed by atoms with E-state index >= 15 is 0 Å². The Morgan fingerprint density at radius 1 is 0.667 bits per heavy atom. The van der Waals surface area contributed by atoms with Gasteiger partial charge in [0.2, 0.25) is 11.6 Å². The van der Waals surface area contributed by atoms with E-state index in [2.05, 4.69) is 0 Å². The summed E-state index contributed by atoms with van der Waals surface area (Å²) in [5.41, 5.74) is 2.65. The predicted octanol–water partition coefficient (Wildman–Crippen LogP) is 2.99. The SMILES string of the molecule is O=C1C(=O)c2ccccc2/C1=C/c1ccccc1. The molecule has 2 heteroatoms. The van der Waals surface area contributed by atoms with Gasteiger partial charge in [-0.1, -0.05) is 54.6 Å². The maximum atomic E-state index is 11.9. The summed E-state index contributed by atoms with van der Waals surface area (Å²) in [6, 6.07) is 16.7. The Kier molecular flexibility index (Phi) is 2.41. The summed E-state index contributed by atoms with van der Waals surface area (Å²) < 4.78 is 0. The van der Waals surface area contributed by atoms with Crippen LogP contribution >= 0.6 is 0 Å². The van der Waals surface area contributed by atoms with Crippen molar-refractivity contribution in [1.82, 2.24) is 0 Å². The average Bonchev–Trinajstić information content (AvgIpc) is 2.66. The Bertz CT molecular complexity index is 667. The second-order valence-electron chi connectivity index (χ2n) is 4.17. The standard InChI is InChI=1S/C16H10O2/c17-15-13-9-5-4-8-12(13)14(16(15)18)10-11-6-2-1-3-7-11/h1-10H/b14-10-. The molecule has 0 N–H and O–H groups in total. The molecule has 0 aliphatic heterocycles. The molecule has 2 aromatic rings. The van der Waals surface area contributed by atoms with Crippen LogP contribution in [0.15, 0.2) is 54.6 Å². The quantitative estimate of drug-likeness (QED) is 0.561. The molecular formula is C16H10O2. The molecule has 2 aromatic carbocycles. The lowest BCUT2D eigenvalue weighted by Gasteiger charge is -1.98. The molecule has 0 bridgehead atoms. The maximum absolute atomic E-state index is 11.9. The van der Waals surface area contributed by atoms with Crippen molar-refractivity contribution in [1.29, 1.82) is 0 Å². The number of allylic oxidation sites excluding steroid dienone is 1. The molecule has 1 aliphatic carbocycles. The van der Waals surface area contributed by atoms with E-state index in [1.165, 1.54) is 0 Å². The average molecular weight is 234 g/mol. The summed E-state index contributed by atoms with van der Waals surface area (Å²) in [4.78, 5) is 23.8. The molecule has 0 spiro atoms. The Labute approximate surface area is 105 Å². The van der Waals surface area contributed by atoms with E-state index in [-0.39, 0.29) is 0 Å². The van der Waals surface area contributed by atoms with Crippen molar-refractivity contribution in [3.8, 4) is 0 Å². The van der Waals surface area contributed by atoms with Crippen molar-refractivity contribution in [2.75, 3.05) is 0 Å². The van der Waals surface area contributed by atoms with Crippen molar-refractivity contribution < 1.29 is 9.59 Å². The van der Waals surface area contributed by atoms with Gasteiger partial charge in [0.15, 0.2) is 0 Å². The molecule has 0 unspecified atom stereocenters. The van der Waals surface area contributed by atoms with Gasteiger partial charge in [-0.3, -0.25) is 9.59 Å². The molecular weight excluding hydrogens is 224 g/mol. The molecule has 0 saturated heterocycles. The van der Waals surface area contributed by atoms with Crippen LogP contribution in [0.4, 0.5) is 0 Å². The van der Waals surface area contributed by atoms with Crippen molar-refractivity contribution in [3.05, 3.63) is 71.3 Å². The van der Waals surface area contributed by atoms with Gasteiger partial charge in [0.05, 0.1) is 0 Å². The van der Waals surface area contributed by atoms with Gasteiger partial charge in [-0.25, -0.2) is 0 Å². The molecule has 2 nitrogen and oxygen atoms in total. The van der Waals surface area contributed by atoms with Crippen LogP contribution in [0.3, 0.4) is 0 Å². The first-order chi connectivity index (χ1) is 8.77. The minimum absolute atomic E-state index is 0.409. The number of rotatable bonds is 1. The zero-order valence-electron chi connectivity index (χ0n) is 9.59. The van der Waals surface area contributed by atoms with Crippen LogP contribution in [-0.4, -0.2) is 11.6 Å². The molecule has 0 aromatic heterocycles. The fourth-order valence-electron chi connectivity index (χ4n) is 2.14. The lowest BCUT2D eigenvalue weighted by molar-refractivity contribution is -0.109. The summed E-state index contributed by atoms with van der Waals surface area (Å²) in [5, 5.41) is 0. The van der Waals surface area contributed by atoms with Gasteiger partial charge in [0, 0.05) is 11.1 Å². The van der Waals surface area contributed by atoms with Gasteiger partial charge in [-0.2, -0.15) is 0 Å². The van der Waals surface area contributed by atoms with E-state index in [1.807, 2.05) is 42.5 Å². The second kappa shape index (κ2) is 4.08. The van der Waals surface area contributed by atoms with Crippen molar-refractivity contribution in [3.63, 3.8) is 0 Å². The van der Waals surface area contributed by atoms with Crippen molar-refractivity contribution >= 4 is 23.2 Å². The first-order valence-electron chi connectivity index (χ1n) is 5.72. The Balaban J connectivity index is 2.17. The third kappa shape index (κ3) is 1.59. The molecule has 0 heterocycles. The number of fused-ring (bicyclic) bond motifs is 1. The third-order valence-corrected chi connectivity index (χ3v) is 3.02. The van der Waals surface area contributed by atoms with E-state index < -0.39 is 11.6 Å². The predicted molar refractivity (Wildman–Crippen MR) is 70.1 cm³/mol. The first-order valence-corrected chi connectivity index (χ1v) is 5.72. The highest BCUT2D eigenvalue weighted by Crippen LogP contribution is 2.30. The number of benzene rings is 2. The number of hydrogen-bond acceptors (Lipinski definition) is 2. The minimum atomic E-state index is -0.417. The van der Waals surface area contributed by atoms with Gasteiger partial charge >= 0.3 is 0 Å². The Morgan fingerprint density at radius 3 is 2.00 bits per heavy atom. The summed E-state index contributed by atoms with van der Waals surface area (Å²) >= 11 is 0. The fraction of sp³-hybridized carbons (Fsp3) is 0. The van der Waals surface area contributed by atoms with Crippen molar-refractivity contribution in [2.45, 2.75) is 0 Å². The molecule has 3 rings (SSSR count). The van der Waals surface area contributed by atoms with Gasteiger partial charge in [-0.15, -0.1) is 0 Å². The molecule has 0 radical (unpaired) electrons. The molecule has 86 valence electrons. The van der Waals surface area contributed by atoms with Crippen LogP contribution in [-0.2, 0) is 4.79 Å². The summed E-state index contributed by atoms with van der Waals surface area (Å²) in [6.07, 6.45) is 1.77. The monoisotopic (exact) mass is 234 g/mol. The first kappa shape index (κ1) is 10.7. The van der Waals surface area contributed by atoms with Gasteiger partial charge in [-0.05, 0) is 17.2 Å². The van der Waals surface area contributed by atoms with Crippen LogP contribution in [0, 0.1) is 0 Å². The molecule has 18 heavy (non-hydrogen) atoms. The third-order valence-electron chi connectivity index (χ3n) is 3.02. The number of Topliss-reactive ketones (excluding diaryl/α,β-unsaturated/α-hetero) is 2. The lowest BCUT2D eigenvalue weighted by Crippen LogP contribution is -2.05. The van der Waals surface area contributed by atoms with Crippen LogP contribution in [0.2, 0.25) is 0 Å². The van der Waals surface area contributed by atoms with Crippen LogP contribution in [0.25, 0.3) is 11.6 Å². The smallest absolute Gasteiger partial charge is 0.234 e. The maximum Gasteiger partial charge on any atom is 0.234 e. The van der Waals surface area contributed by atoms with E-state index in [0.717, 1.165) is 11.1 Å². The summed E-state index contributed by atoms with van der Waals surface area (Å²) in [6.45, 7) is 0. The van der Waals surface area contributed by atoms with Crippen LogP contribution in [0.1, 0.15) is 21.5 Å². The summed E-state index contributed by atoms with van der Waals surface area (Å²) in [7, 11) is 0. The topological polar surface area (TPSA) is 34.1 Å². The van der Waals surface area contributed by atoms with Crippen molar-refractivity contribution in [2.24, 2.45) is 0 Å². The highest BCUT2D eigenvalue weighted by atomic mass is 16.2. The highest BCUT2D eigenvalue weighted by Gasteiger charge is 2.32. The molecule has 0 saturated carbocycles. The molecule has 1 aliphatic rings. The molecule has 0 amide bonds. The number of carbonyl (C=O) groups is 2. The van der Waals surface area contributed by atoms with Gasteiger partial charge < -0.3 is 0 Å². The fourth-order valence-corrected chi connectivity index (χ4v) is 2.14. The van der Waals surface area contributed by atoms with E-state index in [0.29, 0.717) is 11.1 Å². The minimum Gasteiger partial charge on any atom is -0.285 e. The number of hydrogen-bond donors (Lipinski definition) is 0. The lowest BCUT2D eigenvalue weighted by atomic mass is 10.0. The van der Waals surface area contributed by atoms with Gasteiger partial charge in [0.1, 0.15) is 0 Å². The Hall–Kier alpha value is -2.48. The second-order valence-corrected chi connectivity index (χ2v) is 4.17. The zero-order valence-corrected chi connectivity index (χ0v) is 9.59. The van der Waals surface area contributed by atoms with E-state index in [4.69, 9.17) is 0 Å². The zero-order chi connectivity index (χ0) is 12.5. The summed E-state index contributed by atoms with van der Waals surface area (Å²) in [5.74, 6) is -0.826. The normalized spacial score (nSPS) is 16.1. The Morgan fingerprint density at radius 2 is 1.28 bits per heavy atom. The van der Waals surface area contributed by atoms with Gasteiger partial charge in [0.25, 0.3) is 0 Å². The molecule has 0 fully saturated rings. The number of ketones is 2. The number of carbonyl (C=O) groups excluding carboxylic acids is 2. The van der Waals surface area contributed by atoms with Crippen LogP contribution < -0.4 is 0 Å². The van der Waals surface area contributed by atoms with Crippen LogP contribution in [0.5, 0.6) is 0 Å². The van der Waals surface area contributed by atoms with E-state index in [1.54, 1.807) is 18.2 Å². The molecule has 0 atom stereocenters.